The van der Waals surface area contributed by atoms with E-state index < -0.39 is 16.8 Å². The minimum absolute atomic E-state index is 0.137. The van der Waals surface area contributed by atoms with E-state index in [0.717, 1.165) is 15.6 Å². The molecule has 5 aromatic rings. The van der Waals surface area contributed by atoms with Crippen molar-refractivity contribution in [2.45, 2.75) is 6.92 Å². The first-order valence-corrected chi connectivity index (χ1v) is 13.7. The Morgan fingerprint density at radius 1 is 0.953 bits per heavy atom. The number of nitrogens with zero attached hydrogens (tertiary/aromatic N) is 3. The SMILES string of the molecule is COc1cc(C=NNC(=O)c2cc(-c3ccc(Br)cc3)nc3ccc(C)cc23)ccc1OC(=O)c1ccc([N+](=O)[O-])cc1. The molecule has 1 aromatic heterocycles. The Morgan fingerprint density at radius 2 is 1.70 bits per heavy atom. The number of non-ortho nitro benzene ring substituents is 1. The van der Waals surface area contributed by atoms with Crippen molar-refractivity contribution in [1.82, 2.24) is 10.4 Å². The lowest BCUT2D eigenvalue weighted by molar-refractivity contribution is -0.384. The highest BCUT2D eigenvalue weighted by molar-refractivity contribution is 9.10. The number of aryl methyl sites for hydroxylation is 1. The van der Waals surface area contributed by atoms with Gasteiger partial charge in [0.2, 0.25) is 0 Å². The summed E-state index contributed by atoms with van der Waals surface area (Å²) >= 11 is 3.44. The quantitative estimate of drug-likeness (QED) is 0.0644. The summed E-state index contributed by atoms with van der Waals surface area (Å²) in [5.41, 5.74) is 6.78. The minimum Gasteiger partial charge on any atom is -0.493 e. The van der Waals surface area contributed by atoms with Crippen LogP contribution in [0.25, 0.3) is 22.2 Å². The molecule has 0 aliphatic rings. The van der Waals surface area contributed by atoms with Crippen molar-refractivity contribution in [2.75, 3.05) is 7.11 Å². The molecular weight excluding hydrogens is 616 g/mol. The summed E-state index contributed by atoms with van der Waals surface area (Å²) in [6, 6.07) is 25.0. The van der Waals surface area contributed by atoms with Crippen LogP contribution in [0.5, 0.6) is 11.5 Å². The Kier molecular flexibility index (Phi) is 8.54. The number of carbonyl (C=O) groups is 2. The molecule has 0 saturated heterocycles. The van der Waals surface area contributed by atoms with E-state index in [2.05, 4.69) is 26.5 Å². The van der Waals surface area contributed by atoms with Crippen LogP contribution in [-0.2, 0) is 0 Å². The van der Waals surface area contributed by atoms with Crippen LogP contribution in [0.4, 0.5) is 5.69 Å². The van der Waals surface area contributed by atoms with Gasteiger partial charge in [0.25, 0.3) is 11.6 Å². The Labute approximate surface area is 254 Å². The van der Waals surface area contributed by atoms with E-state index in [4.69, 9.17) is 14.5 Å². The van der Waals surface area contributed by atoms with Crippen LogP contribution in [0, 0.1) is 17.0 Å². The molecule has 0 fully saturated rings. The third-order valence-electron chi connectivity index (χ3n) is 6.43. The van der Waals surface area contributed by atoms with Crippen LogP contribution in [-0.4, -0.2) is 35.1 Å². The number of methoxy groups -OCH3 is 1. The number of carbonyl (C=O) groups excluding carboxylic acids is 2. The summed E-state index contributed by atoms with van der Waals surface area (Å²) in [4.78, 5) is 40.9. The second kappa shape index (κ2) is 12.6. The third kappa shape index (κ3) is 6.74. The van der Waals surface area contributed by atoms with Gasteiger partial charge in [0, 0.05) is 27.6 Å². The van der Waals surface area contributed by atoms with Gasteiger partial charge in [-0.1, -0.05) is 39.7 Å². The van der Waals surface area contributed by atoms with Gasteiger partial charge < -0.3 is 9.47 Å². The molecule has 1 amide bonds. The van der Waals surface area contributed by atoms with Crippen LogP contribution in [0.15, 0.2) is 101 Å². The van der Waals surface area contributed by atoms with Crippen molar-refractivity contribution in [3.8, 4) is 22.8 Å². The number of nitro benzene ring substituents is 1. The van der Waals surface area contributed by atoms with Crippen LogP contribution in [0.3, 0.4) is 0 Å². The van der Waals surface area contributed by atoms with E-state index in [0.29, 0.717) is 27.7 Å². The van der Waals surface area contributed by atoms with Crippen molar-refractivity contribution in [1.29, 1.82) is 0 Å². The Hall–Kier alpha value is -5.42. The van der Waals surface area contributed by atoms with Gasteiger partial charge in [0.05, 0.1) is 40.6 Å². The van der Waals surface area contributed by atoms with Crippen LogP contribution >= 0.6 is 15.9 Å². The Morgan fingerprint density at radius 3 is 2.40 bits per heavy atom. The number of nitrogens with one attached hydrogen (secondary N) is 1. The lowest BCUT2D eigenvalue weighted by Gasteiger charge is -2.10. The highest BCUT2D eigenvalue weighted by Gasteiger charge is 2.16. The van der Waals surface area contributed by atoms with E-state index in [9.17, 15) is 19.7 Å². The van der Waals surface area contributed by atoms with Crippen molar-refractivity contribution in [3.05, 3.63) is 128 Å². The number of benzene rings is 4. The van der Waals surface area contributed by atoms with Crippen molar-refractivity contribution in [2.24, 2.45) is 5.10 Å². The van der Waals surface area contributed by atoms with Gasteiger partial charge in [0.1, 0.15) is 0 Å². The van der Waals surface area contributed by atoms with Crippen molar-refractivity contribution in [3.63, 3.8) is 0 Å². The summed E-state index contributed by atoms with van der Waals surface area (Å²) in [5.74, 6) is -0.719. The van der Waals surface area contributed by atoms with Gasteiger partial charge in [0.15, 0.2) is 11.5 Å². The molecule has 43 heavy (non-hydrogen) atoms. The minimum atomic E-state index is -0.704. The number of ether oxygens (including phenoxy) is 2. The summed E-state index contributed by atoms with van der Waals surface area (Å²) < 4.78 is 11.7. The van der Waals surface area contributed by atoms with E-state index in [-0.39, 0.29) is 22.7 Å². The highest BCUT2D eigenvalue weighted by Crippen LogP contribution is 2.29. The number of halogens is 1. The average molecular weight is 639 g/mol. The number of fused-ring (bicyclic) bond motifs is 1. The monoisotopic (exact) mass is 638 g/mol. The largest absolute Gasteiger partial charge is 0.493 e. The zero-order valence-electron chi connectivity index (χ0n) is 22.9. The molecule has 1 N–H and O–H groups in total. The van der Waals surface area contributed by atoms with Crippen LogP contribution < -0.4 is 14.9 Å². The first-order chi connectivity index (χ1) is 20.7. The van der Waals surface area contributed by atoms with Gasteiger partial charge in [-0.2, -0.15) is 5.10 Å². The smallest absolute Gasteiger partial charge is 0.343 e. The molecule has 0 aliphatic heterocycles. The normalized spacial score (nSPS) is 11.0. The van der Waals surface area contributed by atoms with E-state index in [1.165, 1.54) is 43.7 Å². The van der Waals surface area contributed by atoms with Gasteiger partial charge >= 0.3 is 5.97 Å². The number of hydrazone groups is 1. The second-order valence-electron chi connectivity index (χ2n) is 9.39. The summed E-state index contributed by atoms with van der Waals surface area (Å²) in [5, 5.41) is 15.7. The lowest BCUT2D eigenvalue weighted by atomic mass is 10.0. The number of amides is 1. The molecular formula is C32H23BrN4O6. The number of aromatic nitrogens is 1. The van der Waals surface area contributed by atoms with Gasteiger partial charge in [-0.3, -0.25) is 14.9 Å². The number of hydrogen-bond donors (Lipinski definition) is 1. The number of rotatable bonds is 8. The highest BCUT2D eigenvalue weighted by atomic mass is 79.9. The molecule has 0 saturated carbocycles. The molecule has 0 spiro atoms. The van der Waals surface area contributed by atoms with E-state index in [1.54, 1.807) is 18.2 Å². The third-order valence-corrected chi connectivity index (χ3v) is 6.96. The van der Waals surface area contributed by atoms with E-state index >= 15 is 0 Å². The van der Waals surface area contributed by atoms with Crippen molar-refractivity contribution < 1.29 is 24.0 Å². The maximum absolute atomic E-state index is 13.3. The Balaban J connectivity index is 1.34. The molecule has 5 rings (SSSR count). The standard InChI is InChI=1S/C32H23BrN4O6/c1-19-3-13-27-25(15-19)26(17-28(35-27)21-5-9-23(33)10-6-21)31(38)36-34-18-20-4-14-29(30(16-20)42-2)43-32(39)22-7-11-24(12-8-22)37(40)41/h3-18H,1-2H3,(H,36,38). The van der Waals surface area contributed by atoms with E-state index in [1.807, 2.05) is 49.4 Å². The van der Waals surface area contributed by atoms with Gasteiger partial charge in [-0.25, -0.2) is 15.2 Å². The molecule has 0 atom stereocenters. The zero-order chi connectivity index (χ0) is 30.5. The molecule has 0 bridgehead atoms. The summed E-state index contributed by atoms with van der Waals surface area (Å²) in [6.45, 7) is 1.95. The molecule has 1 heterocycles. The molecule has 0 aliphatic carbocycles. The lowest BCUT2D eigenvalue weighted by Crippen LogP contribution is -2.18. The number of esters is 1. The molecule has 0 unspecified atom stereocenters. The fourth-order valence-electron chi connectivity index (χ4n) is 4.25. The van der Waals surface area contributed by atoms with Crippen LogP contribution in [0.1, 0.15) is 31.8 Å². The summed E-state index contributed by atoms with van der Waals surface area (Å²) in [7, 11) is 1.42. The molecule has 214 valence electrons. The fraction of sp³-hybridized carbons (Fsp3) is 0.0625. The molecule has 10 nitrogen and oxygen atoms in total. The predicted molar refractivity (Wildman–Crippen MR) is 166 cm³/mol. The number of nitro groups is 1. The maximum atomic E-state index is 13.3. The zero-order valence-corrected chi connectivity index (χ0v) is 24.5. The Bertz CT molecular complexity index is 1890. The molecule has 4 aromatic carbocycles. The summed E-state index contributed by atoms with van der Waals surface area (Å²) in [6.07, 6.45) is 1.44. The predicted octanol–water partition coefficient (Wildman–Crippen LogP) is 6.87. The first kappa shape index (κ1) is 29.1. The number of hydrogen-bond acceptors (Lipinski definition) is 8. The van der Waals surface area contributed by atoms with Gasteiger partial charge in [-0.05, 0) is 73.2 Å². The molecule has 0 radical (unpaired) electrons. The van der Waals surface area contributed by atoms with Crippen LogP contribution in [0.2, 0.25) is 0 Å². The topological polar surface area (TPSA) is 133 Å². The maximum Gasteiger partial charge on any atom is 0.343 e. The van der Waals surface area contributed by atoms with Gasteiger partial charge in [-0.15, -0.1) is 0 Å². The fourth-order valence-corrected chi connectivity index (χ4v) is 4.51. The van der Waals surface area contributed by atoms with Crippen molar-refractivity contribution >= 4 is 50.6 Å². The average Bonchev–Trinajstić information content (AvgIpc) is 3.01. The first-order valence-electron chi connectivity index (χ1n) is 12.9. The second-order valence-corrected chi connectivity index (χ2v) is 10.3. The number of pyridine rings is 1. The molecule has 11 heteroatoms.